The summed E-state index contributed by atoms with van der Waals surface area (Å²) in [6, 6.07) is 5.76. The third kappa shape index (κ3) is 2.72. The van der Waals surface area contributed by atoms with Crippen LogP contribution in [0.15, 0.2) is 30.6 Å². The van der Waals surface area contributed by atoms with Crippen molar-refractivity contribution in [2.45, 2.75) is 18.9 Å². The van der Waals surface area contributed by atoms with E-state index >= 15 is 0 Å². The number of hydrogen-bond donors (Lipinski definition) is 2. The molecular weight excluding hydrogens is 264 g/mol. The lowest BCUT2D eigenvalue weighted by atomic mass is 10.1. The van der Waals surface area contributed by atoms with Crippen LogP contribution in [0.1, 0.15) is 23.2 Å². The van der Waals surface area contributed by atoms with Crippen molar-refractivity contribution >= 4 is 23.8 Å². The van der Waals surface area contributed by atoms with E-state index in [1.807, 2.05) is 24.4 Å². The van der Waals surface area contributed by atoms with Gasteiger partial charge in [0.15, 0.2) is 0 Å². The first-order chi connectivity index (χ1) is 8.79. The fourth-order valence-electron chi connectivity index (χ4n) is 2.22. The Morgan fingerprint density at radius 3 is 3.00 bits per heavy atom. The van der Waals surface area contributed by atoms with E-state index in [2.05, 4.69) is 10.4 Å². The van der Waals surface area contributed by atoms with E-state index in [-0.39, 0.29) is 24.4 Å². The van der Waals surface area contributed by atoms with Crippen LogP contribution in [0.2, 0.25) is 0 Å². The van der Waals surface area contributed by atoms with Crippen molar-refractivity contribution in [3.05, 3.63) is 36.2 Å². The number of carbonyl (C=O) groups excluding carboxylic acids is 1. The van der Waals surface area contributed by atoms with E-state index in [0.29, 0.717) is 18.0 Å². The molecule has 1 aliphatic rings. The second kappa shape index (κ2) is 5.59. The van der Waals surface area contributed by atoms with Crippen LogP contribution in [0.4, 0.5) is 0 Å². The maximum absolute atomic E-state index is 12.2. The van der Waals surface area contributed by atoms with Crippen molar-refractivity contribution in [1.82, 2.24) is 14.9 Å². The number of amides is 1. The van der Waals surface area contributed by atoms with Crippen molar-refractivity contribution < 1.29 is 4.79 Å². The zero-order chi connectivity index (χ0) is 12.5. The lowest BCUT2D eigenvalue weighted by molar-refractivity contribution is 0.0935. The van der Waals surface area contributed by atoms with E-state index in [0.717, 1.165) is 18.4 Å². The first-order valence-corrected chi connectivity index (χ1v) is 6.23. The molecule has 0 saturated heterocycles. The second-order valence-electron chi connectivity index (χ2n) is 4.74. The van der Waals surface area contributed by atoms with Crippen molar-refractivity contribution in [2.24, 2.45) is 11.7 Å². The number of aromatic nitrogens is 2. The van der Waals surface area contributed by atoms with E-state index in [4.69, 9.17) is 5.73 Å². The predicted octanol–water partition coefficient (Wildman–Crippen LogP) is 1.22. The van der Waals surface area contributed by atoms with Crippen LogP contribution < -0.4 is 11.1 Å². The summed E-state index contributed by atoms with van der Waals surface area (Å²) in [5.41, 5.74) is 7.12. The summed E-state index contributed by atoms with van der Waals surface area (Å²) in [7, 11) is 0. The van der Waals surface area contributed by atoms with E-state index in [1.54, 1.807) is 10.7 Å². The van der Waals surface area contributed by atoms with Gasteiger partial charge in [-0.05, 0) is 30.9 Å². The molecule has 1 unspecified atom stereocenters. The largest absolute Gasteiger partial charge is 0.348 e. The molecule has 1 fully saturated rings. The van der Waals surface area contributed by atoms with Crippen molar-refractivity contribution in [2.75, 3.05) is 6.54 Å². The average Bonchev–Trinajstić information content (AvgIpc) is 3.14. The molecule has 3 rings (SSSR count). The Kier molecular flexibility index (Phi) is 4.07. The van der Waals surface area contributed by atoms with Crippen LogP contribution in [-0.2, 0) is 0 Å². The number of nitrogens with one attached hydrogen (secondary N) is 1. The fraction of sp³-hybridized carbons (Fsp3) is 0.385. The van der Waals surface area contributed by atoms with Gasteiger partial charge < -0.3 is 11.1 Å². The maximum atomic E-state index is 12.2. The number of nitrogens with two attached hydrogens (primary N) is 1. The van der Waals surface area contributed by atoms with Crippen LogP contribution in [0.3, 0.4) is 0 Å². The Labute approximate surface area is 117 Å². The summed E-state index contributed by atoms with van der Waals surface area (Å²) in [5.74, 6) is 0.472. The zero-order valence-corrected chi connectivity index (χ0v) is 11.3. The highest BCUT2D eigenvalue weighted by Crippen LogP contribution is 2.32. The number of carbonyl (C=O) groups is 1. The van der Waals surface area contributed by atoms with Crippen molar-refractivity contribution in [3.63, 3.8) is 0 Å². The van der Waals surface area contributed by atoms with Gasteiger partial charge in [0.2, 0.25) is 0 Å². The standard InChI is InChI=1S/C13H16N4O.ClH/c14-7-11(9-4-5-9)16-13(18)10-8-15-17-6-2-1-3-12(10)17;/h1-3,6,8-9,11H,4-5,7,14H2,(H,16,18);1H. The zero-order valence-electron chi connectivity index (χ0n) is 10.5. The SMILES string of the molecule is Cl.NCC(NC(=O)c1cnn2ccccc12)C1CC1. The Bertz CT molecular complexity index is 579. The van der Waals surface area contributed by atoms with Gasteiger partial charge in [-0.1, -0.05) is 6.07 Å². The van der Waals surface area contributed by atoms with Gasteiger partial charge in [-0.15, -0.1) is 12.4 Å². The molecule has 5 nitrogen and oxygen atoms in total. The number of fused-ring (bicyclic) bond motifs is 1. The topological polar surface area (TPSA) is 72.4 Å². The molecule has 6 heteroatoms. The van der Waals surface area contributed by atoms with Crippen molar-refractivity contribution in [1.29, 1.82) is 0 Å². The lowest BCUT2D eigenvalue weighted by Crippen LogP contribution is -2.41. The normalized spacial score (nSPS) is 15.8. The van der Waals surface area contributed by atoms with Crippen LogP contribution in [-0.4, -0.2) is 28.1 Å². The van der Waals surface area contributed by atoms with Crippen molar-refractivity contribution in [3.8, 4) is 0 Å². The molecule has 2 aromatic heterocycles. The first kappa shape index (κ1) is 13.8. The number of halogens is 1. The monoisotopic (exact) mass is 280 g/mol. The summed E-state index contributed by atoms with van der Waals surface area (Å²) in [5, 5.41) is 7.16. The molecular formula is C13H17ClN4O. The quantitative estimate of drug-likeness (QED) is 0.885. The van der Waals surface area contributed by atoms with Gasteiger partial charge in [-0.2, -0.15) is 5.10 Å². The molecule has 3 N–H and O–H groups in total. The molecule has 0 aromatic carbocycles. The van der Waals surface area contributed by atoms with E-state index < -0.39 is 0 Å². The van der Waals surface area contributed by atoms with Gasteiger partial charge in [-0.3, -0.25) is 4.79 Å². The second-order valence-corrected chi connectivity index (χ2v) is 4.74. The smallest absolute Gasteiger partial charge is 0.255 e. The molecule has 1 aliphatic carbocycles. The molecule has 0 aliphatic heterocycles. The summed E-state index contributed by atoms with van der Waals surface area (Å²) in [6.45, 7) is 0.496. The van der Waals surface area contributed by atoms with Gasteiger partial charge in [0.05, 0.1) is 17.3 Å². The highest BCUT2D eigenvalue weighted by molar-refractivity contribution is 6.00. The third-order valence-corrected chi connectivity index (χ3v) is 3.43. The van der Waals surface area contributed by atoms with Gasteiger partial charge in [0.1, 0.15) is 0 Å². The third-order valence-electron chi connectivity index (χ3n) is 3.43. The van der Waals surface area contributed by atoms with E-state index in [1.165, 1.54) is 0 Å². The Balaban J connectivity index is 0.00000133. The van der Waals surface area contributed by atoms with E-state index in [9.17, 15) is 4.79 Å². The van der Waals surface area contributed by atoms with Crippen LogP contribution in [0.25, 0.3) is 5.52 Å². The molecule has 1 amide bonds. The average molecular weight is 281 g/mol. The summed E-state index contributed by atoms with van der Waals surface area (Å²) in [6.07, 6.45) is 5.76. The predicted molar refractivity (Wildman–Crippen MR) is 75.5 cm³/mol. The Morgan fingerprint density at radius 1 is 1.53 bits per heavy atom. The number of hydrogen-bond acceptors (Lipinski definition) is 3. The summed E-state index contributed by atoms with van der Waals surface area (Å²) >= 11 is 0. The molecule has 1 saturated carbocycles. The molecule has 0 spiro atoms. The molecule has 19 heavy (non-hydrogen) atoms. The van der Waals surface area contributed by atoms with Gasteiger partial charge in [-0.25, -0.2) is 4.52 Å². The Morgan fingerprint density at radius 2 is 2.32 bits per heavy atom. The van der Waals surface area contributed by atoms with Gasteiger partial charge in [0, 0.05) is 18.8 Å². The molecule has 1 atom stereocenters. The molecule has 102 valence electrons. The lowest BCUT2D eigenvalue weighted by Gasteiger charge is -2.15. The molecule has 2 heterocycles. The van der Waals surface area contributed by atoms with Gasteiger partial charge in [0.25, 0.3) is 5.91 Å². The summed E-state index contributed by atoms with van der Waals surface area (Å²) < 4.78 is 1.70. The van der Waals surface area contributed by atoms with Crippen LogP contribution in [0, 0.1) is 5.92 Å². The highest BCUT2D eigenvalue weighted by atomic mass is 35.5. The minimum Gasteiger partial charge on any atom is -0.348 e. The summed E-state index contributed by atoms with van der Waals surface area (Å²) in [4.78, 5) is 12.2. The van der Waals surface area contributed by atoms with Crippen LogP contribution >= 0.6 is 12.4 Å². The number of pyridine rings is 1. The van der Waals surface area contributed by atoms with Gasteiger partial charge >= 0.3 is 0 Å². The Hall–Kier alpha value is -1.59. The fourth-order valence-corrected chi connectivity index (χ4v) is 2.22. The minimum atomic E-state index is -0.0847. The highest BCUT2D eigenvalue weighted by Gasteiger charge is 2.31. The minimum absolute atomic E-state index is 0. The number of rotatable bonds is 4. The molecule has 0 radical (unpaired) electrons. The first-order valence-electron chi connectivity index (χ1n) is 6.23. The number of nitrogens with zero attached hydrogens (tertiary/aromatic N) is 2. The van der Waals surface area contributed by atoms with Crippen LogP contribution in [0.5, 0.6) is 0 Å². The molecule has 2 aromatic rings. The molecule has 0 bridgehead atoms. The maximum Gasteiger partial charge on any atom is 0.255 e.